The maximum Gasteiger partial charge on any atom is 0.123 e. The fraction of sp³-hybridized carbons (Fsp3) is 0.176. The number of halogens is 1. The standard InChI is InChI=1S/C17H17N3.ClH/c1-11(2)16-14(8-9-15(18)20-16)13-7-3-5-12-6-4-10-19-17(12)13;/h3-11H,1-2H3,(H2,18,20);1H. The monoisotopic (exact) mass is 299 g/mol. The van der Waals surface area contributed by atoms with E-state index < -0.39 is 0 Å². The molecule has 3 rings (SSSR count). The van der Waals surface area contributed by atoms with E-state index in [9.17, 15) is 0 Å². The van der Waals surface area contributed by atoms with E-state index in [1.54, 1.807) is 0 Å². The Labute approximate surface area is 130 Å². The smallest absolute Gasteiger partial charge is 0.123 e. The van der Waals surface area contributed by atoms with Crippen LogP contribution in [-0.2, 0) is 0 Å². The summed E-state index contributed by atoms with van der Waals surface area (Å²) in [5.41, 5.74) is 10.1. The van der Waals surface area contributed by atoms with E-state index in [0.717, 1.165) is 27.7 Å². The minimum atomic E-state index is 0. The highest BCUT2D eigenvalue weighted by atomic mass is 35.5. The Morgan fingerprint density at radius 3 is 2.48 bits per heavy atom. The molecule has 0 radical (unpaired) electrons. The van der Waals surface area contributed by atoms with Crippen LogP contribution >= 0.6 is 12.4 Å². The average Bonchev–Trinajstić information content (AvgIpc) is 2.46. The van der Waals surface area contributed by atoms with Crippen LogP contribution in [0, 0.1) is 0 Å². The number of para-hydroxylation sites is 1. The number of hydrogen-bond acceptors (Lipinski definition) is 3. The van der Waals surface area contributed by atoms with Gasteiger partial charge in [0.1, 0.15) is 5.82 Å². The van der Waals surface area contributed by atoms with E-state index in [2.05, 4.69) is 48.1 Å². The second kappa shape index (κ2) is 6.10. The van der Waals surface area contributed by atoms with Crippen molar-refractivity contribution in [2.24, 2.45) is 0 Å². The number of benzene rings is 1. The normalized spacial score (nSPS) is 10.6. The number of anilines is 1. The summed E-state index contributed by atoms with van der Waals surface area (Å²) in [6.45, 7) is 4.26. The van der Waals surface area contributed by atoms with Gasteiger partial charge in [-0.3, -0.25) is 4.98 Å². The molecule has 0 saturated heterocycles. The maximum atomic E-state index is 5.83. The molecule has 3 nitrogen and oxygen atoms in total. The lowest BCUT2D eigenvalue weighted by molar-refractivity contribution is 0.828. The predicted molar refractivity (Wildman–Crippen MR) is 90.7 cm³/mol. The van der Waals surface area contributed by atoms with Gasteiger partial charge in [0, 0.05) is 22.7 Å². The van der Waals surface area contributed by atoms with Crippen LogP contribution in [0.3, 0.4) is 0 Å². The van der Waals surface area contributed by atoms with E-state index in [-0.39, 0.29) is 12.4 Å². The Kier molecular flexibility index (Phi) is 4.43. The summed E-state index contributed by atoms with van der Waals surface area (Å²) in [7, 11) is 0. The molecule has 2 aromatic heterocycles. The minimum Gasteiger partial charge on any atom is -0.384 e. The molecule has 3 aromatic rings. The maximum absolute atomic E-state index is 5.83. The lowest BCUT2D eigenvalue weighted by Gasteiger charge is -2.14. The molecule has 0 aliphatic carbocycles. The molecule has 0 amide bonds. The molecule has 0 spiro atoms. The molecule has 0 aliphatic heterocycles. The van der Waals surface area contributed by atoms with Crippen molar-refractivity contribution in [3.05, 3.63) is 54.4 Å². The fourth-order valence-corrected chi connectivity index (χ4v) is 2.48. The third-order valence-electron chi connectivity index (χ3n) is 3.42. The summed E-state index contributed by atoms with van der Waals surface area (Å²) < 4.78 is 0. The van der Waals surface area contributed by atoms with E-state index in [1.165, 1.54) is 0 Å². The Hall–Kier alpha value is -2.13. The summed E-state index contributed by atoms with van der Waals surface area (Å²) in [4.78, 5) is 9.03. The molecule has 1 aromatic carbocycles. The number of fused-ring (bicyclic) bond motifs is 1. The molecule has 0 aliphatic rings. The van der Waals surface area contributed by atoms with Crippen molar-refractivity contribution in [2.75, 3.05) is 5.73 Å². The molecule has 0 bridgehead atoms. The third kappa shape index (κ3) is 2.83. The lowest BCUT2D eigenvalue weighted by Crippen LogP contribution is -2.01. The molecule has 0 atom stereocenters. The van der Waals surface area contributed by atoms with Gasteiger partial charge >= 0.3 is 0 Å². The molecule has 108 valence electrons. The molecule has 21 heavy (non-hydrogen) atoms. The molecular weight excluding hydrogens is 282 g/mol. The van der Waals surface area contributed by atoms with E-state index >= 15 is 0 Å². The van der Waals surface area contributed by atoms with Crippen molar-refractivity contribution in [2.45, 2.75) is 19.8 Å². The van der Waals surface area contributed by atoms with Crippen LogP contribution in [-0.4, -0.2) is 9.97 Å². The Bertz CT molecular complexity index is 764. The molecule has 0 fully saturated rings. The zero-order valence-corrected chi connectivity index (χ0v) is 12.9. The SMILES string of the molecule is CC(C)c1nc(N)ccc1-c1cccc2cccnc12.Cl. The summed E-state index contributed by atoms with van der Waals surface area (Å²) in [6.07, 6.45) is 1.83. The molecule has 2 N–H and O–H groups in total. The lowest BCUT2D eigenvalue weighted by atomic mass is 9.95. The molecule has 0 saturated carbocycles. The number of pyridine rings is 2. The van der Waals surface area contributed by atoms with Gasteiger partial charge in [-0.05, 0) is 24.1 Å². The number of nitrogen functional groups attached to an aromatic ring is 1. The van der Waals surface area contributed by atoms with Crippen molar-refractivity contribution >= 4 is 29.1 Å². The zero-order chi connectivity index (χ0) is 14.1. The van der Waals surface area contributed by atoms with Gasteiger partial charge in [-0.1, -0.05) is 38.1 Å². The van der Waals surface area contributed by atoms with Crippen molar-refractivity contribution in [3.8, 4) is 11.1 Å². The van der Waals surface area contributed by atoms with Crippen LogP contribution in [0.1, 0.15) is 25.5 Å². The first-order valence-corrected chi connectivity index (χ1v) is 6.77. The van der Waals surface area contributed by atoms with Crippen molar-refractivity contribution in [3.63, 3.8) is 0 Å². The Morgan fingerprint density at radius 2 is 1.71 bits per heavy atom. The van der Waals surface area contributed by atoms with Gasteiger partial charge in [0.05, 0.1) is 11.2 Å². The summed E-state index contributed by atoms with van der Waals surface area (Å²) in [6, 6.07) is 14.1. The minimum absolute atomic E-state index is 0. The number of aromatic nitrogens is 2. The van der Waals surface area contributed by atoms with Crippen molar-refractivity contribution < 1.29 is 0 Å². The van der Waals surface area contributed by atoms with Crippen LogP contribution in [0.25, 0.3) is 22.0 Å². The van der Waals surface area contributed by atoms with E-state index in [4.69, 9.17) is 5.73 Å². The van der Waals surface area contributed by atoms with Crippen molar-refractivity contribution in [1.29, 1.82) is 0 Å². The number of nitrogens with zero attached hydrogens (tertiary/aromatic N) is 2. The fourth-order valence-electron chi connectivity index (χ4n) is 2.48. The van der Waals surface area contributed by atoms with Crippen LogP contribution < -0.4 is 5.73 Å². The van der Waals surface area contributed by atoms with Gasteiger partial charge < -0.3 is 5.73 Å². The first-order valence-electron chi connectivity index (χ1n) is 6.77. The molecular formula is C17H18ClN3. The van der Waals surface area contributed by atoms with E-state index in [0.29, 0.717) is 11.7 Å². The van der Waals surface area contributed by atoms with Gasteiger partial charge in [0.2, 0.25) is 0 Å². The second-order valence-electron chi connectivity index (χ2n) is 5.20. The highest BCUT2D eigenvalue weighted by Crippen LogP contribution is 2.32. The second-order valence-corrected chi connectivity index (χ2v) is 5.20. The van der Waals surface area contributed by atoms with Crippen LogP contribution in [0.2, 0.25) is 0 Å². The average molecular weight is 300 g/mol. The number of nitrogens with two attached hydrogens (primary N) is 1. The quantitative estimate of drug-likeness (QED) is 0.762. The largest absolute Gasteiger partial charge is 0.384 e. The van der Waals surface area contributed by atoms with Crippen LogP contribution in [0.15, 0.2) is 48.7 Å². The van der Waals surface area contributed by atoms with Gasteiger partial charge in [0.25, 0.3) is 0 Å². The van der Waals surface area contributed by atoms with Gasteiger partial charge in [-0.2, -0.15) is 0 Å². The summed E-state index contributed by atoms with van der Waals surface area (Å²) in [5, 5.41) is 1.14. The highest BCUT2D eigenvalue weighted by molar-refractivity contribution is 5.94. The first-order chi connectivity index (χ1) is 9.66. The Balaban J connectivity index is 0.00000161. The van der Waals surface area contributed by atoms with Crippen LogP contribution in [0.4, 0.5) is 5.82 Å². The summed E-state index contributed by atoms with van der Waals surface area (Å²) in [5.74, 6) is 0.873. The third-order valence-corrected chi connectivity index (χ3v) is 3.42. The highest BCUT2D eigenvalue weighted by Gasteiger charge is 2.13. The molecule has 4 heteroatoms. The van der Waals surface area contributed by atoms with Gasteiger partial charge in [-0.15, -0.1) is 12.4 Å². The Morgan fingerprint density at radius 1 is 0.952 bits per heavy atom. The van der Waals surface area contributed by atoms with Crippen molar-refractivity contribution in [1.82, 2.24) is 9.97 Å². The number of hydrogen-bond donors (Lipinski definition) is 1. The molecule has 2 heterocycles. The molecule has 0 unspecified atom stereocenters. The first kappa shape index (κ1) is 15.3. The number of rotatable bonds is 2. The summed E-state index contributed by atoms with van der Waals surface area (Å²) >= 11 is 0. The van der Waals surface area contributed by atoms with Gasteiger partial charge in [0.15, 0.2) is 0 Å². The van der Waals surface area contributed by atoms with Crippen LogP contribution in [0.5, 0.6) is 0 Å². The zero-order valence-electron chi connectivity index (χ0n) is 12.1. The van der Waals surface area contributed by atoms with E-state index in [1.807, 2.05) is 24.4 Å². The van der Waals surface area contributed by atoms with Gasteiger partial charge in [-0.25, -0.2) is 4.98 Å². The predicted octanol–water partition coefficient (Wildman–Crippen LogP) is 4.42. The topological polar surface area (TPSA) is 51.8 Å².